The van der Waals surface area contributed by atoms with Crippen LogP contribution >= 0.6 is 0 Å². The molecule has 1 aliphatic carbocycles. The molecule has 4 heteroatoms. The molecule has 0 spiro atoms. The first-order valence-electron chi connectivity index (χ1n) is 8.02. The highest BCUT2D eigenvalue weighted by molar-refractivity contribution is 5.93. The average Bonchev–Trinajstić information content (AvgIpc) is 3.09. The van der Waals surface area contributed by atoms with Crippen LogP contribution in [0.25, 0.3) is 0 Å². The lowest BCUT2D eigenvalue weighted by Crippen LogP contribution is -2.27. The number of rotatable bonds is 6. The number of carbonyl (C=O) groups excluding carboxylic acids is 1. The fourth-order valence-electron chi connectivity index (χ4n) is 3.64. The number of benzene rings is 1. The molecule has 2 fully saturated rings. The first kappa shape index (κ1) is 14.5. The molecule has 1 amide bonds. The molecule has 1 saturated heterocycles. The van der Waals surface area contributed by atoms with Gasteiger partial charge in [-0.3, -0.25) is 9.63 Å². The van der Waals surface area contributed by atoms with E-state index in [0.29, 0.717) is 12.2 Å². The first-order valence-corrected chi connectivity index (χ1v) is 8.02. The van der Waals surface area contributed by atoms with E-state index in [2.05, 4.69) is 10.4 Å². The quantitative estimate of drug-likeness (QED) is 0.646. The lowest BCUT2D eigenvalue weighted by Gasteiger charge is -2.16. The largest absolute Gasteiger partial charge is 0.303 e. The van der Waals surface area contributed by atoms with Gasteiger partial charge in [-0.05, 0) is 43.2 Å². The van der Waals surface area contributed by atoms with Gasteiger partial charge in [0.2, 0.25) is 0 Å². The highest BCUT2D eigenvalue weighted by Gasteiger charge is 2.35. The van der Waals surface area contributed by atoms with Gasteiger partial charge in [-0.1, -0.05) is 24.6 Å². The Morgan fingerprint density at radius 2 is 1.90 bits per heavy atom. The number of amides is 1. The molecule has 0 unspecified atom stereocenters. The smallest absolute Gasteiger partial charge is 0.274 e. The average molecular weight is 288 g/mol. The summed E-state index contributed by atoms with van der Waals surface area (Å²) in [6, 6.07) is 9.14. The Hall–Kier alpha value is -1.39. The fraction of sp³-hybridized carbons (Fsp3) is 0.588. The summed E-state index contributed by atoms with van der Waals surface area (Å²) in [7, 11) is 0. The van der Waals surface area contributed by atoms with Gasteiger partial charge in [-0.15, -0.1) is 0 Å². The maximum Gasteiger partial charge on any atom is 0.274 e. The molecule has 1 heterocycles. The SMILES string of the molecule is O=C(NOCCCN1C[C@H]2CCC[C@H]2C1)c1ccccc1. The van der Waals surface area contributed by atoms with Gasteiger partial charge in [0.25, 0.3) is 5.91 Å². The summed E-state index contributed by atoms with van der Waals surface area (Å²) in [5.74, 6) is 1.72. The third kappa shape index (κ3) is 3.83. The molecule has 1 aliphatic heterocycles. The minimum absolute atomic E-state index is 0.175. The Labute approximate surface area is 126 Å². The number of carbonyl (C=O) groups is 1. The van der Waals surface area contributed by atoms with Crippen LogP contribution in [0.4, 0.5) is 0 Å². The lowest BCUT2D eigenvalue weighted by molar-refractivity contribution is 0.0281. The van der Waals surface area contributed by atoms with Crippen molar-refractivity contribution in [2.75, 3.05) is 26.2 Å². The van der Waals surface area contributed by atoms with Crippen molar-refractivity contribution in [3.8, 4) is 0 Å². The lowest BCUT2D eigenvalue weighted by atomic mass is 10.0. The molecule has 0 aromatic heterocycles. The topological polar surface area (TPSA) is 41.6 Å². The molecule has 3 rings (SSSR count). The zero-order chi connectivity index (χ0) is 14.5. The second kappa shape index (κ2) is 7.05. The molecule has 2 aliphatic rings. The number of hydrogen-bond donors (Lipinski definition) is 1. The van der Waals surface area contributed by atoms with Crippen LogP contribution in [0.2, 0.25) is 0 Å². The molecule has 1 N–H and O–H groups in total. The number of nitrogens with zero attached hydrogens (tertiary/aromatic N) is 1. The molecule has 2 atom stereocenters. The van der Waals surface area contributed by atoms with Gasteiger partial charge in [0.05, 0.1) is 6.61 Å². The van der Waals surface area contributed by atoms with Crippen molar-refractivity contribution in [2.24, 2.45) is 11.8 Å². The van der Waals surface area contributed by atoms with E-state index in [4.69, 9.17) is 4.84 Å². The predicted octanol–water partition coefficient (Wildman–Crippen LogP) is 2.47. The highest BCUT2D eigenvalue weighted by Crippen LogP contribution is 2.37. The van der Waals surface area contributed by atoms with Crippen molar-refractivity contribution >= 4 is 5.91 Å². The van der Waals surface area contributed by atoms with E-state index in [1.807, 2.05) is 18.2 Å². The molecule has 0 bridgehead atoms. The van der Waals surface area contributed by atoms with E-state index in [-0.39, 0.29) is 5.91 Å². The molecule has 1 aromatic carbocycles. The van der Waals surface area contributed by atoms with Gasteiger partial charge in [0.1, 0.15) is 0 Å². The highest BCUT2D eigenvalue weighted by atomic mass is 16.6. The van der Waals surface area contributed by atoms with Gasteiger partial charge in [-0.2, -0.15) is 0 Å². The summed E-state index contributed by atoms with van der Waals surface area (Å²) >= 11 is 0. The van der Waals surface area contributed by atoms with Gasteiger partial charge in [0.15, 0.2) is 0 Å². The van der Waals surface area contributed by atoms with E-state index < -0.39 is 0 Å². The number of hydrogen-bond acceptors (Lipinski definition) is 3. The van der Waals surface area contributed by atoms with Crippen LogP contribution < -0.4 is 5.48 Å². The normalized spacial score (nSPS) is 25.0. The molecule has 1 saturated carbocycles. The van der Waals surface area contributed by atoms with Gasteiger partial charge in [0, 0.05) is 25.2 Å². The van der Waals surface area contributed by atoms with Crippen molar-refractivity contribution < 1.29 is 9.63 Å². The Morgan fingerprint density at radius 3 is 2.62 bits per heavy atom. The van der Waals surface area contributed by atoms with Crippen LogP contribution in [0.5, 0.6) is 0 Å². The van der Waals surface area contributed by atoms with E-state index in [9.17, 15) is 4.79 Å². The Morgan fingerprint density at radius 1 is 1.19 bits per heavy atom. The first-order chi connectivity index (χ1) is 10.3. The van der Waals surface area contributed by atoms with Crippen molar-refractivity contribution in [3.05, 3.63) is 35.9 Å². The number of nitrogens with one attached hydrogen (secondary N) is 1. The van der Waals surface area contributed by atoms with Crippen LogP contribution in [0, 0.1) is 11.8 Å². The summed E-state index contributed by atoms with van der Waals surface area (Å²) in [4.78, 5) is 19.6. The second-order valence-electron chi connectivity index (χ2n) is 6.21. The van der Waals surface area contributed by atoms with Crippen molar-refractivity contribution in [1.29, 1.82) is 0 Å². The summed E-state index contributed by atoms with van der Waals surface area (Å²) in [5.41, 5.74) is 3.14. The van der Waals surface area contributed by atoms with Crippen molar-refractivity contribution in [1.82, 2.24) is 10.4 Å². The number of fused-ring (bicyclic) bond motifs is 1. The molecular formula is C17H24N2O2. The van der Waals surface area contributed by atoms with Crippen molar-refractivity contribution in [3.63, 3.8) is 0 Å². The molecular weight excluding hydrogens is 264 g/mol. The van der Waals surface area contributed by atoms with Crippen LogP contribution in [-0.4, -0.2) is 37.0 Å². The summed E-state index contributed by atoms with van der Waals surface area (Å²) in [6.45, 7) is 4.18. The van der Waals surface area contributed by atoms with Crippen LogP contribution in [0.1, 0.15) is 36.0 Å². The minimum Gasteiger partial charge on any atom is -0.303 e. The monoisotopic (exact) mass is 288 g/mol. The number of likely N-dealkylation sites (tertiary alicyclic amines) is 1. The van der Waals surface area contributed by atoms with E-state index in [0.717, 1.165) is 24.8 Å². The summed E-state index contributed by atoms with van der Waals surface area (Å²) in [5, 5.41) is 0. The zero-order valence-corrected chi connectivity index (χ0v) is 12.5. The molecule has 4 nitrogen and oxygen atoms in total. The van der Waals surface area contributed by atoms with Gasteiger partial charge in [-0.25, -0.2) is 5.48 Å². The second-order valence-corrected chi connectivity index (χ2v) is 6.21. The summed E-state index contributed by atoms with van der Waals surface area (Å²) < 4.78 is 0. The molecule has 21 heavy (non-hydrogen) atoms. The number of hydroxylamine groups is 1. The van der Waals surface area contributed by atoms with Crippen LogP contribution in [-0.2, 0) is 4.84 Å². The maximum atomic E-state index is 11.7. The van der Waals surface area contributed by atoms with Gasteiger partial charge >= 0.3 is 0 Å². The Balaban J connectivity index is 1.28. The minimum atomic E-state index is -0.175. The molecule has 0 radical (unpaired) electrons. The Bertz CT molecular complexity index is 451. The van der Waals surface area contributed by atoms with Crippen molar-refractivity contribution in [2.45, 2.75) is 25.7 Å². The third-order valence-corrected chi connectivity index (χ3v) is 4.72. The molecule has 1 aromatic rings. The van der Waals surface area contributed by atoms with Crippen LogP contribution in [0.3, 0.4) is 0 Å². The summed E-state index contributed by atoms with van der Waals surface area (Å²) in [6.07, 6.45) is 5.24. The molecule has 114 valence electrons. The fourth-order valence-corrected chi connectivity index (χ4v) is 3.64. The zero-order valence-electron chi connectivity index (χ0n) is 12.5. The maximum absolute atomic E-state index is 11.7. The predicted molar refractivity (Wildman–Crippen MR) is 81.7 cm³/mol. The standard InChI is InChI=1S/C17H24N2O2/c20-17(14-6-2-1-3-7-14)18-21-11-5-10-19-12-15-8-4-9-16(15)13-19/h1-3,6-7,15-16H,4-5,8-13H2,(H,18,20)/t15-,16+. The van der Waals surface area contributed by atoms with E-state index in [1.54, 1.807) is 12.1 Å². The van der Waals surface area contributed by atoms with E-state index >= 15 is 0 Å². The van der Waals surface area contributed by atoms with Gasteiger partial charge < -0.3 is 4.90 Å². The van der Waals surface area contributed by atoms with Crippen LogP contribution in [0.15, 0.2) is 30.3 Å². The third-order valence-electron chi connectivity index (χ3n) is 4.72. The van der Waals surface area contributed by atoms with E-state index in [1.165, 1.54) is 32.4 Å². The Kier molecular flexibility index (Phi) is 4.88.